The Bertz CT molecular complexity index is 1420. The summed E-state index contributed by atoms with van der Waals surface area (Å²) in [4.78, 5) is 40.7. The van der Waals surface area contributed by atoms with Crippen LogP contribution in [0, 0.1) is 0 Å². The predicted molar refractivity (Wildman–Crippen MR) is 158 cm³/mol. The fraction of sp³-hybridized carbons (Fsp3) is 0.469. The molecule has 1 unspecified atom stereocenters. The number of carbonyl (C=O) groups excluding carboxylic acids is 2. The second-order valence-electron chi connectivity index (χ2n) is 12.1. The Hall–Kier alpha value is -4.41. The molecule has 2 aromatic carbocycles. The van der Waals surface area contributed by atoms with E-state index in [0.29, 0.717) is 18.8 Å². The number of rotatable bonds is 9. The summed E-state index contributed by atoms with van der Waals surface area (Å²) in [5, 5.41) is 17.6. The molecule has 1 aromatic heterocycles. The molecule has 2 aliphatic rings. The zero-order chi connectivity index (χ0) is 30.6. The van der Waals surface area contributed by atoms with Crippen molar-refractivity contribution < 1.29 is 29.0 Å². The van der Waals surface area contributed by atoms with Crippen molar-refractivity contribution in [2.24, 2.45) is 0 Å². The van der Waals surface area contributed by atoms with Gasteiger partial charge in [0.05, 0.1) is 24.5 Å². The number of hydrogen-bond acceptors (Lipinski definition) is 7. The third-order valence-electron chi connectivity index (χ3n) is 7.81. The first-order valence-electron chi connectivity index (χ1n) is 14.8. The number of likely N-dealkylation sites (tertiary alicyclic amines) is 1. The number of amides is 2. The number of piperidine rings is 1. The second kappa shape index (κ2) is 12.8. The van der Waals surface area contributed by atoms with Crippen LogP contribution in [0.15, 0.2) is 54.7 Å². The zero-order valence-corrected chi connectivity index (χ0v) is 24.9. The molecule has 2 amide bonds. The summed E-state index contributed by atoms with van der Waals surface area (Å²) in [6.07, 6.45) is 2.48. The van der Waals surface area contributed by atoms with Gasteiger partial charge in [-0.05, 0) is 62.3 Å². The lowest BCUT2D eigenvalue weighted by molar-refractivity contribution is -0.137. The zero-order valence-electron chi connectivity index (χ0n) is 24.9. The second-order valence-corrected chi connectivity index (χ2v) is 12.1. The SMILES string of the molecule is CC(C)(C)OC(=O)N1CCCC(n2nncc2CN(CCCC(=O)O)C(=O)OCC2c3ccccc3-c3ccccc32)C1. The van der Waals surface area contributed by atoms with E-state index in [1.54, 1.807) is 15.8 Å². The van der Waals surface area contributed by atoms with Gasteiger partial charge in [-0.1, -0.05) is 53.7 Å². The molecule has 0 radical (unpaired) electrons. The molecular weight excluding hydrogens is 550 g/mol. The lowest BCUT2D eigenvalue weighted by atomic mass is 9.98. The number of nitrogens with zero attached hydrogens (tertiary/aromatic N) is 5. The van der Waals surface area contributed by atoms with Gasteiger partial charge in [0.2, 0.25) is 0 Å². The Morgan fingerprint density at radius 2 is 1.72 bits per heavy atom. The molecule has 1 saturated heterocycles. The number of hydrogen-bond donors (Lipinski definition) is 1. The first-order valence-corrected chi connectivity index (χ1v) is 14.8. The quantitative estimate of drug-likeness (QED) is 0.348. The van der Waals surface area contributed by atoms with Gasteiger partial charge in [0, 0.05) is 32.0 Å². The maximum absolute atomic E-state index is 13.5. The average Bonchev–Trinajstić information content (AvgIpc) is 3.57. The van der Waals surface area contributed by atoms with E-state index in [0.717, 1.165) is 35.1 Å². The molecular formula is C32H39N5O6. The topological polar surface area (TPSA) is 127 Å². The highest BCUT2D eigenvalue weighted by molar-refractivity contribution is 5.79. The molecule has 11 nitrogen and oxygen atoms in total. The number of aliphatic carboxylic acids is 1. The Morgan fingerprint density at radius 3 is 2.37 bits per heavy atom. The maximum Gasteiger partial charge on any atom is 0.410 e. The standard InChI is InChI=1S/C32H39N5O6/c1-32(2,3)43-31(41)36-16-8-10-22(19-36)37-23(18-33-34-37)20-35(17-9-15-29(38)39)30(40)42-21-28-26-13-6-4-11-24(26)25-12-5-7-14-27(25)28/h4-7,11-14,18,22,28H,8-10,15-17,19-21H2,1-3H3,(H,38,39). The summed E-state index contributed by atoms with van der Waals surface area (Å²) < 4.78 is 13.2. The van der Waals surface area contributed by atoms with Crippen LogP contribution in [0.1, 0.15) is 75.2 Å². The van der Waals surface area contributed by atoms with E-state index in [1.165, 1.54) is 4.90 Å². The molecule has 0 saturated carbocycles. The summed E-state index contributed by atoms with van der Waals surface area (Å²) in [5.74, 6) is -1.02. The molecule has 228 valence electrons. The molecule has 1 N–H and O–H groups in total. The highest BCUT2D eigenvalue weighted by Crippen LogP contribution is 2.44. The lowest BCUT2D eigenvalue weighted by Crippen LogP contribution is -2.44. The minimum Gasteiger partial charge on any atom is -0.481 e. The van der Waals surface area contributed by atoms with Gasteiger partial charge in [0.25, 0.3) is 0 Å². The number of carboxylic acids is 1. The van der Waals surface area contributed by atoms with Gasteiger partial charge in [0.1, 0.15) is 12.2 Å². The molecule has 11 heteroatoms. The van der Waals surface area contributed by atoms with Crippen LogP contribution in [0.4, 0.5) is 9.59 Å². The number of carboxylic acid groups (broad SMARTS) is 1. The van der Waals surface area contributed by atoms with Gasteiger partial charge in [0.15, 0.2) is 0 Å². The number of carbonyl (C=O) groups is 3. The van der Waals surface area contributed by atoms with Gasteiger partial charge in [-0.15, -0.1) is 5.10 Å². The van der Waals surface area contributed by atoms with Crippen LogP contribution < -0.4 is 0 Å². The van der Waals surface area contributed by atoms with Crippen molar-refractivity contribution in [3.63, 3.8) is 0 Å². The molecule has 43 heavy (non-hydrogen) atoms. The predicted octanol–water partition coefficient (Wildman–Crippen LogP) is 5.47. The van der Waals surface area contributed by atoms with Crippen LogP contribution in [-0.2, 0) is 20.8 Å². The van der Waals surface area contributed by atoms with Crippen molar-refractivity contribution in [3.8, 4) is 11.1 Å². The smallest absolute Gasteiger partial charge is 0.410 e. The minimum atomic E-state index is -0.927. The number of ether oxygens (including phenoxy) is 2. The van der Waals surface area contributed by atoms with Gasteiger partial charge in [-0.3, -0.25) is 4.79 Å². The highest BCUT2D eigenvalue weighted by Gasteiger charge is 2.32. The number of aromatic nitrogens is 3. The summed E-state index contributed by atoms with van der Waals surface area (Å²) >= 11 is 0. The van der Waals surface area contributed by atoms with E-state index in [1.807, 2.05) is 45.0 Å². The monoisotopic (exact) mass is 589 g/mol. The Kier molecular flexibility index (Phi) is 8.98. The van der Waals surface area contributed by atoms with E-state index in [4.69, 9.17) is 9.47 Å². The average molecular weight is 590 g/mol. The largest absolute Gasteiger partial charge is 0.481 e. The van der Waals surface area contributed by atoms with Crippen LogP contribution in [0.25, 0.3) is 11.1 Å². The fourth-order valence-corrected chi connectivity index (χ4v) is 5.87. The summed E-state index contributed by atoms with van der Waals surface area (Å²) in [6.45, 7) is 7.02. The third-order valence-corrected chi connectivity index (χ3v) is 7.81. The molecule has 5 rings (SSSR count). The van der Waals surface area contributed by atoms with E-state index in [9.17, 15) is 19.5 Å². The van der Waals surface area contributed by atoms with Crippen molar-refractivity contribution in [3.05, 3.63) is 71.5 Å². The Labute approximate surface area is 251 Å². The third kappa shape index (κ3) is 7.15. The van der Waals surface area contributed by atoms with Crippen molar-refractivity contribution in [1.29, 1.82) is 0 Å². The molecule has 1 aliphatic heterocycles. The van der Waals surface area contributed by atoms with Gasteiger partial charge in [-0.25, -0.2) is 14.3 Å². The molecule has 1 aliphatic carbocycles. The summed E-state index contributed by atoms with van der Waals surface area (Å²) in [5.41, 5.74) is 4.59. The molecule has 2 heterocycles. The van der Waals surface area contributed by atoms with E-state index in [2.05, 4.69) is 34.6 Å². The molecule has 1 fully saturated rings. The van der Waals surface area contributed by atoms with Gasteiger partial charge in [-0.2, -0.15) is 0 Å². The van der Waals surface area contributed by atoms with Crippen LogP contribution in [0.2, 0.25) is 0 Å². The Balaban J connectivity index is 1.29. The Morgan fingerprint density at radius 1 is 1.05 bits per heavy atom. The van der Waals surface area contributed by atoms with E-state index >= 15 is 0 Å². The minimum absolute atomic E-state index is 0.0713. The van der Waals surface area contributed by atoms with Crippen LogP contribution in [-0.4, -0.2) is 79.9 Å². The van der Waals surface area contributed by atoms with Crippen molar-refractivity contribution in [2.75, 3.05) is 26.2 Å². The maximum atomic E-state index is 13.5. The van der Waals surface area contributed by atoms with Crippen LogP contribution in [0.3, 0.4) is 0 Å². The lowest BCUT2D eigenvalue weighted by Gasteiger charge is -2.34. The van der Waals surface area contributed by atoms with Gasteiger partial charge >= 0.3 is 18.2 Å². The van der Waals surface area contributed by atoms with Crippen LogP contribution >= 0.6 is 0 Å². The van der Waals surface area contributed by atoms with Crippen molar-refractivity contribution in [1.82, 2.24) is 24.8 Å². The first-order chi connectivity index (χ1) is 20.6. The molecule has 0 bridgehead atoms. The van der Waals surface area contributed by atoms with Gasteiger partial charge < -0.3 is 24.4 Å². The highest BCUT2D eigenvalue weighted by atomic mass is 16.6. The van der Waals surface area contributed by atoms with E-state index < -0.39 is 17.7 Å². The molecule has 1 atom stereocenters. The normalized spacial score (nSPS) is 16.3. The molecule has 0 spiro atoms. The number of fused-ring (bicyclic) bond motifs is 3. The molecule has 3 aromatic rings. The fourth-order valence-electron chi connectivity index (χ4n) is 5.87. The summed E-state index contributed by atoms with van der Waals surface area (Å²) in [7, 11) is 0. The van der Waals surface area contributed by atoms with Crippen molar-refractivity contribution >= 4 is 18.2 Å². The first kappa shape index (κ1) is 30.1. The van der Waals surface area contributed by atoms with Crippen LogP contribution in [0.5, 0.6) is 0 Å². The van der Waals surface area contributed by atoms with E-state index in [-0.39, 0.29) is 50.6 Å². The van der Waals surface area contributed by atoms with Crippen molar-refractivity contribution in [2.45, 2.75) is 70.6 Å². The number of benzene rings is 2. The summed E-state index contributed by atoms with van der Waals surface area (Å²) in [6, 6.07) is 16.1.